The van der Waals surface area contributed by atoms with Crippen LogP contribution < -0.4 is 10.0 Å². The van der Waals surface area contributed by atoms with E-state index in [0.29, 0.717) is 6.54 Å². The predicted octanol–water partition coefficient (Wildman–Crippen LogP) is 1.05. The number of hydrogen-bond donors (Lipinski definition) is 3. The Morgan fingerprint density at radius 2 is 1.90 bits per heavy atom. The Labute approximate surface area is 137 Å². The van der Waals surface area contributed by atoms with Crippen LogP contribution in [0.4, 0.5) is 0 Å². The number of carbonyl (C=O) groups is 1. The molecule has 0 aliphatic rings. The highest BCUT2D eigenvalue weighted by molar-refractivity contribution is 14.1. The largest absolute Gasteiger partial charge is 0.480 e. The van der Waals surface area contributed by atoms with Gasteiger partial charge in [-0.15, -0.1) is 12.4 Å². The number of aliphatic carboxylic acids is 1. The van der Waals surface area contributed by atoms with Gasteiger partial charge in [0.05, 0.1) is 4.90 Å². The monoisotopic (exact) mass is 434 g/mol. The molecule has 0 bridgehead atoms. The first-order valence-electron chi connectivity index (χ1n) is 5.58. The average molecular weight is 435 g/mol. The topological polar surface area (TPSA) is 95.5 Å². The van der Waals surface area contributed by atoms with E-state index in [4.69, 9.17) is 5.11 Å². The van der Waals surface area contributed by atoms with Gasteiger partial charge < -0.3 is 10.4 Å². The fraction of sp³-hybridized carbons (Fsp3) is 0.364. The number of likely N-dealkylation sites (N-methyl/N-ethyl adjacent to an activating group) is 1. The second kappa shape index (κ2) is 8.78. The fourth-order valence-corrected chi connectivity index (χ4v) is 2.89. The highest BCUT2D eigenvalue weighted by atomic mass is 127. The van der Waals surface area contributed by atoms with Gasteiger partial charge in [0, 0.05) is 10.1 Å². The van der Waals surface area contributed by atoms with Gasteiger partial charge in [0.1, 0.15) is 6.04 Å². The summed E-state index contributed by atoms with van der Waals surface area (Å²) in [5.74, 6) is -1.21. The maximum Gasteiger partial charge on any atom is 0.323 e. The molecule has 0 saturated carbocycles. The Morgan fingerprint density at radius 3 is 2.35 bits per heavy atom. The third kappa shape index (κ3) is 5.92. The van der Waals surface area contributed by atoms with E-state index < -0.39 is 22.0 Å². The van der Waals surface area contributed by atoms with Crippen molar-refractivity contribution >= 4 is 51.0 Å². The Bertz CT molecular complexity index is 536. The van der Waals surface area contributed by atoms with Crippen LogP contribution in [-0.4, -0.2) is 38.6 Å². The van der Waals surface area contributed by atoms with E-state index in [2.05, 4.69) is 32.6 Å². The van der Waals surface area contributed by atoms with Gasteiger partial charge in [-0.2, -0.15) is 4.72 Å². The molecule has 1 rings (SSSR count). The number of benzene rings is 1. The van der Waals surface area contributed by atoms with Gasteiger partial charge in [0.2, 0.25) is 10.0 Å². The second-order valence-corrected chi connectivity index (χ2v) is 6.73. The number of hydrogen-bond acceptors (Lipinski definition) is 4. The van der Waals surface area contributed by atoms with Crippen LogP contribution in [-0.2, 0) is 14.8 Å². The summed E-state index contributed by atoms with van der Waals surface area (Å²) < 4.78 is 27.1. The van der Waals surface area contributed by atoms with Crippen molar-refractivity contribution in [1.29, 1.82) is 0 Å². The average Bonchev–Trinajstić information content (AvgIpc) is 2.34. The summed E-state index contributed by atoms with van der Waals surface area (Å²) in [5, 5.41) is 11.8. The quantitative estimate of drug-likeness (QED) is 0.558. The molecule has 0 unspecified atom stereocenters. The summed E-state index contributed by atoms with van der Waals surface area (Å²) in [4.78, 5) is 11.1. The summed E-state index contributed by atoms with van der Waals surface area (Å²) in [7, 11) is -3.83. The number of rotatable bonds is 7. The van der Waals surface area contributed by atoms with E-state index in [1.807, 2.05) is 6.92 Å². The van der Waals surface area contributed by atoms with Crippen molar-refractivity contribution in [1.82, 2.24) is 10.0 Å². The first kappa shape index (κ1) is 19.6. The molecule has 0 heterocycles. The fourth-order valence-electron chi connectivity index (χ4n) is 1.34. The minimum atomic E-state index is -3.83. The molecule has 1 aromatic rings. The van der Waals surface area contributed by atoms with Crippen molar-refractivity contribution in [3.63, 3.8) is 0 Å². The van der Waals surface area contributed by atoms with Gasteiger partial charge in [-0.3, -0.25) is 4.79 Å². The molecule has 0 spiro atoms. The highest BCUT2D eigenvalue weighted by Crippen LogP contribution is 2.12. The third-order valence-electron chi connectivity index (χ3n) is 2.32. The smallest absolute Gasteiger partial charge is 0.323 e. The number of carboxylic acid groups (broad SMARTS) is 1. The summed E-state index contributed by atoms with van der Waals surface area (Å²) in [6.07, 6.45) is 0. The Kier molecular flexibility index (Phi) is 8.59. The lowest BCUT2D eigenvalue weighted by atomic mass is 10.3. The minimum Gasteiger partial charge on any atom is -0.480 e. The Balaban J connectivity index is 0.00000361. The lowest BCUT2D eigenvalue weighted by Crippen LogP contribution is -2.47. The van der Waals surface area contributed by atoms with E-state index in [9.17, 15) is 13.2 Å². The first-order chi connectivity index (χ1) is 8.86. The van der Waals surface area contributed by atoms with E-state index in [-0.39, 0.29) is 23.8 Å². The second-order valence-electron chi connectivity index (χ2n) is 3.77. The van der Waals surface area contributed by atoms with Gasteiger partial charge in [0.25, 0.3) is 0 Å². The van der Waals surface area contributed by atoms with E-state index in [1.165, 1.54) is 12.1 Å². The zero-order valence-electron chi connectivity index (χ0n) is 10.7. The molecule has 3 N–H and O–H groups in total. The molecule has 0 saturated heterocycles. The molecular formula is C11H16ClIN2O4S. The lowest BCUT2D eigenvalue weighted by Gasteiger charge is -2.15. The zero-order chi connectivity index (χ0) is 14.5. The molecule has 6 nitrogen and oxygen atoms in total. The van der Waals surface area contributed by atoms with Crippen LogP contribution in [0.15, 0.2) is 29.2 Å². The normalized spacial score (nSPS) is 12.5. The van der Waals surface area contributed by atoms with Gasteiger partial charge in [-0.05, 0) is 53.4 Å². The SMILES string of the molecule is CCNC[C@H](NS(=O)(=O)c1ccc(I)cc1)C(=O)O.Cl. The van der Waals surface area contributed by atoms with Crippen LogP contribution in [0.1, 0.15) is 6.92 Å². The number of halogens is 2. The molecule has 1 atom stereocenters. The van der Waals surface area contributed by atoms with Crippen molar-refractivity contribution in [2.24, 2.45) is 0 Å². The van der Waals surface area contributed by atoms with Crippen LogP contribution in [0.5, 0.6) is 0 Å². The third-order valence-corrected chi connectivity index (χ3v) is 4.52. The number of carboxylic acids is 1. The van der Waals surface area contributed by atoms with Crippen LogP contribution in [0.3, 0.4) is 0 Å². The molecule has 0 radical (unpaired) electrons. The minimum absolute atomic E-state index is 0. The number of sulfonamides is 1. The molecule has 1 aromatic carbocycles. The van der Waals surface area contributed by atoms with Gasteiger partial charge >= 0.3 is 5.97 Å². The molecule has 0 fully saturated rings. The summed E-state index contributed by atoms with van der Waals surface area (Å²) >= 11 is 2.06. The molecule has 0 aliphatic heterocycles. The van der Waals surface area contributed by atoms with Crippen LogP contribution in [0, 0.1) is 3.57 Å². The molecule has 0 aliphatic carbocycles. The molecule has 0 amide bonds. The van der Waals surface area contributed by atoms with Crippen molar-refractivity contribution < 1.29 is 18.3 Å². The predicted molar refractivity (Wildman–Crippen MR) is 86.7 cm³/mol. The van der Waals surface area contributed by atoms with Crippen molar-refractivity contribution in [3.05, 3.63) is 27.8 Å². The maximum absolute atomic E-state index is 12.0. The molecule has 114 valence electrons. The Hall–Kier alpha value is -0.420. The van der Waals surface area contributed by atoms with E-state index in [0.717, 1.165) is 3.57 Å². The van der Waals surface area contributed by atoms with Gasteiger partial charge in [-0.25, -0.2) is 8.42 Å². The van der Waals surface area contributed by atoms with Gasteiger partial charge in [0.15, 0.2) is 0 Å². The highest BCUT2D eigenvalue weighted by Gasteiger charge is 2.24. The van der Waals surface area contributed by atoms with Crippen molar-refractivity contribution in [3.8, 4) is 0 Å². The summed E-state index contributed by atoms with van der Waals surface area (Å²) in [6.45, 7) is 2.41. The van der Waals surface area contributed by atoms with Gasteiger partial charge in [-0.1, -0.05) is 6.92 Å². The van der Waals surface area contributed by atoms with E-state index in [1.54, 1.807) is 12.1 Å². The molecular weight excluding hydrogens is 419 g/mol. The maximum atomic E-state index is 12.0. The zero-order valence-corrected chi connectivity index (χ0v) is 14.5. The lowest BCUT2D eigenvalue weighted by molar-refractivity contribution is -0.138. The summed E-state index contributed by atoms with van der Waals surface area (Å²) in [6, 6.07) is 4.99. The Morgan fingerprint density at radius 1 is 1.35 bits per heavy atom. The molecule has 0 aromatic heterocycles. The van der Waals surface area contributed by atoms with Crippen LogP contribution in [0.2, 0.25) is 0 Å². The van der Waals surface area contributed by atoms with E-state index >= 15 is 0 Å². The first-order valence-corrected chi connectivity index (χ1v) is 8.14. The van der Waals surface area contributed by atoms with Crippen LogP contribution in [0.25, 0.3) is 0 Å². The molecule has 20 heavy (non-hydrogen) atoms. The summed E-state index contributed by atoms with van der Waals surface area (Å²) in [5.41, 5.74) is 0. The molecule has 9 heteroatoms. The number of nitrogens with one attached hydrogen (secondary N) is 2. The van der Waals surface area contributed by atoms with Crippen molar-refractivity contribution in [2.45, 2.75) is 17.9 Å². The van der Waals surface area contributed by atoms with Crippen molar-refractivity contribution in [2.75, 3.05) is 13.1 Å². The van der Waals surface area contributed by atoms with Crippen LogP contribution >= 0.6 is 35.0 Å². The standard InChI is InChI=1S/C11H15IN2O4S.ClH/c1-2-13-7-10(11(15)16)14-19(17,18)9-5-3-8(12)4-6-9;/h3-6,10,13-14H,2,7H2,1H3,(H,15,16);1H/t10-;/m0./s1.